The van der Waals surface area contributed by atoms with Crippen LogP contribution in [0.25, 0.3) is 0 Å². The first-order chi connectivity index (χ1) is 13.7. The monoisotopic (exact) mass is 374 g/mol. The van der Waals surface area contributed by atoms with Gasteiger partial charge in [-0.25, -0.2) is 0 Å². The summed E-state index contributed by atoms with van der Waals surface area (Å²) < 4.78 is 0. The van der Waals surface area contributed by atoms with Gasteiger partial charge >= 0.3 is 0 Å². The van der Waals surface area contributed by atoms with Crippen molar-refractivity contribution in [1.29, 1.82) is 0 Å². The van der Waals surface area contributed by atoms with E-state index in [1.165, 1.54) is 71.0 Å². The minimum atomic E-state index is 0.944. The van der Waals surface area contributed by atoms with E-state index in [2.05, 4.69) is 26.0 Å². The van der Waals surface area contributed by atoms with E-state index < -0.39 is 0 Å². The van der Waals surface area contributed by atoms with Gasteiger partial charge in [0.15, 0.2) is 0 Å². The van der Waals surface area contributed by atoms with Crippen LogP contribution in [0, 0.1) is 107 Å². The summed E-state index contributed by atoms with van der Waals surface area (Å²) in [6.45, 7) is 5.03. The van der Waals surface area contributed by atoms with Gasteiger partial charge in [-0.2, -0.15) is 0 Å². The number of hydrogen-bond donors (Lipinski definition) is 0. The van der Waals surface area contributed by atoms with Gasteiger partial charge < -0.3 is 0 Å². The molecule has 0 aliphatic heterocycles. The average Bonchev–Trinajstić information content (AvgIpc) is 3.52. The first-order valence-electron chi connectivity index (χ1n) is 13.4. The highest BCUT2D eigenvalue weighted by Gasteiger charge is 2.77. The summed E-state index contributed by atoms with van der Waals surface area (Å²) in [4.78, 5) is 0. The molecular weight excluding hydrogens is 336 g/mol. The predicted molar refractivity (Wildman–Crippen MR) is 111 cm³/mol. The maximum atomic E-state index is 2.67. The maximum Gasteiger partial charge on any atom is -0.0194 e. The summed E-state index contributed by atoms with van der Waals surface area (Å²) in [5.41, 5.74) is 0. The van der Waals surface area contributed by atoms with Gasteiger partial charge in [0, 0.05) is 0 Å². The van der Waals surface area contributed by atoms with E-state index in [0.29, 0.717) is 0 Å². The van der Waals surface area contributed by atoms with E-state index >= 15 is 0 Å². The molecule has 9 aliphatic carbocycles. The standard InChI is InChI=1S/C28H38/c1-11(2)14-6-15-16(7-14)18-8-17(15)25-21-10-22(26(18)25)28-20-9-19(27(21)28)23-12-3-4-13(5-12)24(20)23/h3-4,11-28H,5-10H2,1-2H3. The normalized spacial score (nSPS) is 73.0. The Morgan fingerprint density at radius 1 is 0.464 bits per heavy atom. The largest absolute Gasteiger partial charge is 0.0848 e. The summed E-state index contributed by atoms with van der Waals surface area (Å²) in [6.07, 6.45) is 15.2. The molecule has 0 radical (unpaired) electrons. The second-order valence-electron chi connectivity index (χ2n) is 13.9. The molecule has 0 aromatic carbocycles. The lowest BCUT2D eigenvalue weighted by Crippen LogP contribution is -2.47. The number of hydrogen-bond acceptors (Lipinski definition) is 0. The number of allylic oxidation sites excluding steroid dienone is 2. The Hall–Kier alpha value is -0.260. The lowest BCUT2D eigenvalue weighted by Gasteiger charge is -2.51. The molecule has 150 valence electrons. The van der Waals surface area contributed by atoms with E-state index in [-0.39, 0.29) is 0 Å². The van der Waals surface area contributed by atoms with Crippen molar-refractivity contribution >= 4 is 0 Å². The van der Waals surface area contributed by atoms with Gasteiger partial charge in [-0.05, 0) is 145 Å². The molecule has 9 aliphatic rings. The lowest BCUT2D eigenvalue weighted by atomic mass is 9.53. The Balaban J connectivity index is 1.09. The van der Waals surface area contributed by atoms with Crippen LogP contribution in [-0.4, -0.2) is 0 Å². The fraction of sp³-hybridized carbons (Fsp3) is 0.929. The summed E-state index contributed by atoms with van der Waals surface area (Å²) in [5, 5.41) is 0. The van der Waals surface area contributed by atoms with Crippen molar-refractivity contribution in [2.24, 2.45) is 107 Å². The molecule has 0 heterocycles. The van der Waals surface area contributed by atoms with Gasteiger partial charge in [-0.1, -0.05) is 26.0 Å². The van der Waals surface area contributed by atoms with E-state index in [1.807, 2.05) is 0 Å². The zero-order valence-corrected chi connectivity index (χ0v) is 17.8. The fourth-order valence-electron chi connectivity index (χ4n) is 13.8. The lowest BCUT2D eigenvalue weighted by molar-refractivity contribution is -0.0378. The number of fused-ring (bicyclic) bond motifs is 26. The molecule has 8 fully saturated rings. The highest BCUT2D eigenvalue weighted by atomic mass is 14.8. The van der Waals surface area contributed by atoms with Crippen molar-refractivity contribution in [2.45, 2.75) is 52.4 Å². The van der Waals surface area contributed by atoms with Crippen LogP contribution in [0.4, 0.5) is 0 Å². The molecule has 0 aromatic rings. The zero-order valence-electron chi connectivity index (χ0n) is 17.8. The van der Waals surface area contributed by atoms with Gasteiger partial charge in [-0.3, -0.25) is 0 Å². The topological polar surface area (TPSA) is 0 Å². The summed E-state index contributed by atoms with van der Waals surface area (Å²) in [5.74, 6) is 20.7. The quantitative estimate of drug-likeness (QED) is 0.382. The first-order valence-corrected chi connectivity index (χ1v) is 13.4. The molecule has 0 heteroatoms. The molecular formula is C28H38. The van der Waals surface area contributed by atoms with Crippen molar-refractivity contribution in [3.63, 3.8) is 0 Å². The first kappa shape index (κ1) is 15.5. The predicted octanol–water partition coefficient (Wildman–Crippen LogP) is 6.14. The molecule has 28 heavy (non-hydrogen) atoms. The fourth-order valence-corrected chi connectivity index (χ4v) is 13.8. The second kappa shape index (κ2) is 4.65. The minimum absolute atomic E-state index is 0.944. The summed E-state index contributed by atoms with van der Waals surface area (Å²) in [7, 11) is 0. The van der Waals surface area contributed by atoms with Gasteiger partial charge in [0.1, 0.15) is 0 Å². The van der Waals surface area contributed by atoms with Crippen LogP contribution in [-0.2, 0) is 0 Å². The smallest absolute Gasteiger partial charge is 0.0194 e. The van der Waals surface area contributed by atoms with Crippen molar-refractivity contribution < 1.29 is 0 Å². The molecule has 16 atom stereocenters. The van der Waals surface area contributed by atoms with Gasteiger partial charge in [0.05, 0.1) is 0 Å². The molecule has 0 nitrogen and oxygen atoms in total. The molecule has 0 saturated heterocycles. The molecule has 8 bridgehead atoms. The number of rotatable bonds is 1. The van der Waals surface area contributed by atoms with Crippen molar-refractivity contribution in [1.82, 2.24) is 0 Å². The van der Waals surface area contributed by atoms with E-state index in [1.54, 1.807) is 38.5 Å². The Labute approximate surface area is 171 Å². The summed E-state index contributed by atoms with van der Waals surface area (Å²) in [6, 6.07) is 0. The molecule has 0 amide bonds. The molecule has 9 rings (SSSR count). The maximum absolute atomic E-state index is 2.67. The van der Waals surface area contributed by atoms with E-state index in [0.717, 1.165) is 35.5 Å². The molecule has 0 N–H and O–H groups in total. The van der Waals surface area contributed by atoms with Crippen LogP contribution in [0.5, 0.6) is 0 Å². The Kier molecular flexibility index (Phi) is 2.58. The van der Waals surface area contributed by atoms with Gasteiger partial charge in [0.2, 0.25) is 0 Å². The van der Waals surface area contributed by atoms with Gasteiger partial charge in [-0.15, -0.1) is 0 Å². The molecule has 16 unspecified atom stereocenters. The Bertz CT molecular complexity index is 721. The van der Waals surface area contributed by atoms with E-state index in [9.17, 15) is 0 Å². The summed E-state index contributed by atoms with van der Waals surface area (Å²) >= 11 is 0. The van der Waals surface area contributed by atoms with Crippen LogP contribution in [0.2, 0.25) is 0 Å². The van der Waals surface area contributed by atoms with Crippen LogP contribution in [0.3, 0.4) is 0 Å². The van der Waals surface area contributed by atoms with Crippen LogP contribution in [0.15, 0.2) is 12.2 Å². The van der Waals surface area contributed by atoms with Crippen LogP contribution >= 0.6 is 0 Å². The second-order valence-corrected chi connectivity index (χ2v) is 13.9. The van der Waals surface area contributed by atoms with Crippen molar-refractivity contribution in [2.75, 3.05) is 0 Å². The highest BCUT2D eigenvalue weighted by molar-refractivity contribution is 5.28. The van der Waals surface area contributed by atoms with Gasteiger partial charge in [0.25, 0.3) is 0 Å². The van der Waals surface area contributed by atoms with Crippen molar-refractivity contribution in [3.8, 4) is 0 Å². The third-order valence-electron chi connectivity index (χ3n) is 13.8. The third-order valence-corrected chi connectivity index (χ3v) is 13.8. The minimum Gasteiger partial charge on any atom is -0.0848 e. The highest BCUT2D eigenvalue weighted by Crippen LogP contribution is 2.82. The Morgan fingerprint density at radius 2 is 0.893 bits per heavy atom. The molecule has 0 spiro atoms. The van der Waals surface area contributed by atoms with Crippen LogP contribution < -0.4 is 0 Å². The third kappa shape index (κ3) is 1.44. The zero-order chi connectivity index (χ0) is 18.0. The molecule has 8 saturated carbocycles. The SMILES string of the molecule is CC(C)C1CC2C(C1)C1CC2C2C3CC(C12)C1C2CC(C4C5C=CC(C5)C24)C31. The average molecular weight is 375 g/mol. The Morgan fingerprint density at radius 3 is 1.39 bits per heavy atom. The van der Waals surface area contributed by atoms with E-state index in [4.69, 9.17) is 0 Å². The van der Waals surface area contributed by atoms with Crippen LogP contribution in [0.1, 0.15) is 52.4 Å². The molecule has 0 aromatic heterocycles. The van der Waals surface area contributed by atoms with Crippen molar-refractivity contribution in [3.05, 3.63) is 12.2 Å².